The summed E-state index contributed by atoms with van der Waals surface area (Å²) in [5.41, 5.74) is 12.9. The molecule has 0 saturated carbocycles. The zero-order valence-electron chi connectivity index (χ0n) is 31.7. The van der Waals surface area contributed by atoms with E-state index >= 15 is 0 Å². The van der Waals surface area contributed by atoms with Crippen molar-refractivity contribution in [3.63, 3.8) is 0 Å². The van der Waals surface area contributed by atoms with Crippen LogP contribution in [0.1, 0.15) is 0 Å². The Hall–Kier alpha value is -8.02. The van der Waals surface area contributed by atoms with Crippen molar-refractivity contribution in [2.24, 2.45) is 0 Å². The van der Waals surface area contributed by atoms with Gasteiger partial charge in [0.25, 0.3) is 0 Å². The average Bonchev–Trinajstić information content (AvgIpc) is 3.80. The third-order valence-corrected chi connectivity index (χ3v) is 12.1. The number of para-hydroxylation sites is 3. The van der Waals surface area contributed by atoms with Crippen LogP contribution >= 0.6 is 0 Å². The zero-order valence-corrected chi connectivity index (χ0v) is 31.7. The molecule has 12 aromatic rings. The molecule has 5 heteroatoms. The maximum Gasteiger partial charge on any atom is 0.235 e. The van der Waals surface area contributed by atoms with Gasteiger partial charge in [-0.3, -0.25) is 4.57 Å². The van der Waals surface area contributed by atoms with Gasteiger partial charge >= 0.3 is 0 Å². The maximum absolute atomic E-state index is 6.76. The van der Waals surface area contributed by atoms with Crippen LogP contribution in [0.4, 0.5) is 0 Å². The Kier molecular flexibility index (Phi) is 6.66. The molecule has 0 fully saturated rings. The minimum Gasteiger partial charge on any atom is -0.456 e. The van der Waals surface area contributed by atoms with Gasteiger partial charge in [-0.1, -0.05) is 127 Å². The van der Waals surface area contributed by atoms with Crippen molar-refractivity contribution in [1.82, 2.24) is 19.1 Å². The van der Waals surface area contributed by atoms with E-state index in [0.717, 1.165) is 94.2 Å². The van der Waals surface area contributed by atoms with Gasteiger partial charge in [-0.05, 0) is 88.8 Å². The SMILES string of the molecule is c1ccc(-c2nc(-n3c4ccc(-c5ccc6c(c5)c5ccccc5n6-c5ccccc5)cc4c4cc5c(cc43)-c3cccc4cccc(c34)O5)nc3ccccc23)cc1. The van der Waals surface area contributed by atoms with Crippen molar-refractivity contribution in [3.05, 3.63) is 194 Å². The fourth-order valence-electron chi connectivity index (χ4n) is 9.46. The summed E-state index contributed by atoms with van der Waals surface area (Å²) in [6.07, 6.45) is 0. The van der Waals surface area contributed by atoms with E-state index in [9.17, 15) is 0 Å². The molecule has 0 bridgehead atoms. The van der Waals surface area contributed by atoms with E-state index in [-0.39, 0.29) is 0 Å². The van der Waals surface area contributed by atoms with Crippen molar-refractivity contribution in [1.29, 1.82) is 0 Å². The lowest BCUT2D eigenvalue weighted by atomic mass is 9.93. The van der Waals surface area contributed by atoms with Gasteiger partial charge in [0.2, 0.25) is 5.95 Å². The smallest absolute Gasteiger partial charge is 0.235 e. The van der Waals surface area contributed by atoms with Gasteiger partial charge in [0.1, 0.15) is 11.5 Å². The predicted molar refractivity (Wildman–Crippen MR) is 242 cm³/mol. The van der Waals surface area contributed by atoms with E-state index in [1.54, 1.807) is 0 Å². The van der Waals surface area contributed by atoms with Crippen molar-refractivity contribution in [3.8, 4) is 56.6 Å². The summed E-state index contributed by atoms with van der Waals surface area (Å²) in [7, 11) is 0. The highest BCUT2D eigenvalue weighted by molar-refractivity contribution is 6.15. The fourth-order valence-corrected chi connectivity index (χ4v) is 9.46. The molecule has 0 unspecified atom stereocenters. The van der Waals surface area contributed by atoms with Crippen LogP contribution in [0, 0.1) is 0 Å². The van der Waals surface area contributed by atoms with E-state index in [1.165, 1.54) is 21.8 Å². The zero-order chi connectivity index (χ0) is 38.6. The summed E-state index contributed by atoms with van der Waals surface area (Å²) >= 11 is 0. The fraction of sp³-hybridized carbons (Fsp3) is 0. The van der Waals surface area contributed by atoms with Crippen LogP contribution in [0.25, 0.3) is 110 Å². The highest BCUT2D eigenvalue weighted by Gasteiger charge is 2.25. The monoisotopic (exact) mass is 752 g/mol. The van der Waals surface area contributed by atoms with Gasteiger partial charge in [-0.25, -0.2) is 9.97 Å². The van der Waals surface area contributed by atoms with Crippen LogP contribution in [-0.4, -0.2) is 19.1 Å². The average molecular weight is 753 g/mol. The number of hydrogen-bond donors (Lipinski definition) is 0. The molecule has 0 N–H and O–H groups in total. The summed E-state index contributed by atoms with van der Waals surface area (Å²) in [6.45, 7) is 0. The van der Waals surface area contributed by atoms with E-state index in [2.05, 4.69) is 191 Å². The van der Waals surface area contributed by atoms with Gasteiger partial charge in [0.05, 0.1) is 33.3 Å². The Morgan fingerprint density at radius 1 is 0.373 bits per heavy atom. The molecular formula is C54H32N4O. The van der Waals surface area contributed by atoms with E-state index < -0.39 is 0 Å². The molecule has 1 aliphatic heterocycles. The van der Waals surface area contributed by atoms with Gasteiger partial charge in [-0.15, -0.1) is 0 Å². The second kappa shape index (κ2) is 12.2. The first kappa shape index (κ1) is 32.1. The number of fused-ring (bicyclic) bond motifs is 9. The lowest BCUT2D eigenvalue weighted by molar-refractivity contribution is 0.488. The minimum atomic E-state index is 0.626. The van der Waals surface area contributed by atoms with Crippen LogP contribution in [0.2, 0.25) is 0 Å². The molecule has 59 heavy (non-hydrogen) atoms. The lowest BCUT2D eigenvalue weighted by Crippen LogP contribution is -2.04. The van der Waals surface area contributed by atoms with Crippen LogP contribution in [0.15, 0.2) is 194 Å². The highest BCUT2D eigenvalue weighted by atomic mass is 16.5. The standard InChI is InChI=1S/C54H32N4O/c1-3-13-34(14-4-1)53-40-20-7-9-22-45(40)55-54(56-53)58-48-28-26-36(35-25-27-47-41(29-35)38-19-8-10-23-46(38)57(47)37-17-5-2-6-18-37)30-42(48)43-32-51-44(31-49(43)58)39-21-11-15-33-16-12-24-50(59-51)52(33)39/h1-32H. The van der Waals surface area contributed by atoms with Crippen molar-refractivity contribution in [2.75, 3.05) is 0 Å². The Labute approximate surface area is 338 Å². The van der Waals surface area contributed by atoms with Gasteiger partial charge < -0.3 is 9.30 Å². The molecule has 0 atom stereocenters. The van der Waals surface area contributed by atoms with Gasteiger partial charge in [0.15, 0.2) is 0 Å². The number of ether oxygens (including phenoxy) is 1. The second-order valence-electron chi connectivity index (χ2n) is 15.4. The molecular weight excluding hydrogens is 721 g/mol. The van der Waals surface area contributed by atoms with E-state index in [1.807, 2.05) is 12.1 Å². The molecule has 0 spiro atoms. The number of hydrogen-bond acceptors (Lipinski definition) is 3. The third-order valence-electron chi connectivity index (χ3n) is 12.1. The molecule has 5 nitrogen and oxygen atoms in total. The summed E-state index contributed by atoms with van der Waals surface area (Å²) < 4.78 is 11.4. The normalized spacial score (nSPS) is 12.2. The molecule has 9 aromatic carbocycles. The number of nitrogens with zero attached hydrogens (tertiary/aromatic N) is 4. The van der Waals surface area contributed by atoms with E-state index in [0.29, 0.717) is 5.95 Å². The Morgan fingerprint density at radius 3 is 1.83 bits per heavy atom. The topological polar surface area (TPSA) is 44.9 Å². The molecule has 274 valence electrons. The van der Waals surface area contributed by atoms with Gasteiger partial charge in [0, 0.05) is 49.1 Å². The molecule has 0 radical (unpaired) electrons. The Balaban J connectivity index is 1.08. The summed E-state index contributed by atoms with van der Waals surface area (Å²) in [5, 5.41) is 7.93. The molecule has 0 amide bonds. The van der Waals surface area contributed by atoms with Crippen LogP contribution < -0.4 is 4.74 Å². The summed E-state index contributed by atoms with van der Waals surface area (Å²) in [5.74, 6) is 2.34. The number of benzene rings is 9. The quantitative estimate of drug-likeness (QED) is 0.180. The lowest BCUT2D eigenvalue weighted by Gasteiger charge is -2.21. The van der Waals surface area contributed by atoms with E-state index in [4.69, 9.17) is 14.7 Å². The Morgan fingerprint density at radius 2 is 1.02 bits per heavy atom. The molecule has 4 heterocycles. The Bertz CT molecular complexity index is 3690. The minimum absolute atomic E-state index is 0.626. The largest absolute Gasteiger partial charge is 0.456 e. The van der Waals surface area contributed by atoms with Crippen LogP contribution in [0.3, 0.4) is 0 Å². The van der Waals surface area contributed by atoms with Crippen molar-refractivity contribution < 1.29 is 4.74 Å². The highest BCUT2D eigenvalue weighted by Crippen LogP contribution is 2.49. The first-order chi connectivity index (χ1) is 29.2. The molecule has 3 aromatic heterocycles. The molecule has 13 rings (SSSR count). The summed E-state index contributed by atoms with van der Waals surface area (Å²) in [6, 6.07) is 69.0. The van der Waals surface area contributed by atoms with Crippen molar-refractivity contribution in [2.45, 2.75) is 0 Å². The molecule has 0 saturated heterocycles. The molecule has 0 aliphatic carbocycles. The second-order valence-corrected chi connectivity index (χ2v) is 15.4. The molecule has 1 aliphatic rings. The third kappa shape index (κ3) is 4.73. The number of aromatic nitrogens is 4. The van der Waals surface area contributed by atoms with Crippen LogP contribution in [0.5, 0.6) is 11.5 Å². The van der Waals surface area contributed by atoms with Gasteiger partial charge in [-0.2, -0.15) is 0 Å². The maximum atomic E-state index is 6.76. The predicted octanol–water partition coefficient (Wildman–Crippen LogP) is 14.1. The van der Waals surface area contributed by atoms with Crippen LogP contribution in [-0.2, 0) is 0 Å². The van der Waals surface area contributed by atoms with Crippen molar-refractivity contribution >= 4 is 65.3 Å². The first-order valence-corrected chi connectivity index (χ1v) is 20.0. The summed E-state index contributed by atoms with van der Waals surface area (Å²) in [4.78, 5) is 10.7. The number of rotatable bonds is 4. The first-order valence-electron chi connectivity index (χ1n) is 20.0.